The first-order chi connectivity index (χ1) is 8.00. The predicted molar refractivity (Wildman–Crippen MR) is 72.4 cm³/mol. The van der Waals surface area contributed by atoms with E-state index in [9.17, 15) is 0 Å². The van der Waals surface area contributed by atoms with Crippen LogP contribution in [0.2, 0.25) is 10.2 Å². The highest BCUT2D eigenvalue weighted by Crippen LogP contribution is 2.50. The third-order valence-electron chi connectivity index (χ3n) is 1.55. The van der Waals surface area contributed by atoms with Crippen LogP contribution in [-0.4, -0.2) is 18.2 Å². The van der Waals surface area contributed by atoms with E-state index in [0.717, 1.165) is 0 Å². The molecular formula is C9H12Cl2NO3PS. The van der Waals surface area contributed by atoms with Gasteiger partial charge in [-0.1, -0.05) is 23.2 Å². The molecule has 1 rings (SSSR count). The van der Waals surface area contributed by atoms with Crippen molar-refractivity contribution in [2.75, 3.05) is 13.2 Å². The highest BCUT2D eigenvalue weighted by molar-refractivity contribution is 8.07. The van der Waals surface area contributed by atoms with Gasteiger partial charge in [-0.15, -0.1) is 0 Å². The SMILES string of the molecule is CCOP(=S)(OCC)Oc1nc(Cl)ccc1Cl. The Hall–Kier alpha value is 0.1000. The Balaban J connectivity index is 2.93. The number of rotatable bonds is 6. The average molecular weight is 316 g/mol. The number of aromatic nitrogens is 1. The summed E-state index contributed by atoms with van der Waals surface area (Å²) < 4.78 is 16.1. The molecule has 96 valence electrons. The van der Waals surface area contributed by atoms with Crippen LogP contribution in [0.1, 0.15) is 13.8 Å². The fourth-order valence-corrected chi connectivity index (χ4v) is 3.32. The van der Waals surface area contributed by atoms with E-state index in [4.69, 9.17) is 48.6 Å². The minimum Gasteiger partial charge on any atom is -0.404 e. The van der Waals surface area contributed by atoms with Crippen LogP contribution < -0.4 is 4.52 Å². The van der Waals surface area contributed by atoms with Crippen LogP contribution in [-0.2, 0) is 20.9 Å². The van der Waals surface area contributed by atoms with Gasteiger partial charge < -0.3 is 4.52 Å². The molecule has 0 aliphatic rings. The van der Waals surface area contributed by atoms with E-state index in [-0.39, 0.29) is 11.0 Å². The van der Waals surface area contributed by atoms with Gasteiger partial charge in [0.15, 0.2) is 0 Å². The summed E-state index contributed by atoms with van der Waals surface area (Å²) in [6.45, 7) is 1.51. The van der Waals surface area contributed by atoms with Crippen LogP contribution in [0.3, 0.4) is 0 Å². The molecule has 17 heavy (non-hydrogen) atoms. The number of hydrogen-bond donors (Lipinski definition) is 0. The van der Waals surface area contributed by atoms with Crippen LogP contribution in [0.15, 0.2) is 12.1 Å². The summed E-state index contributed by atoms with van der Waals surface area (Å²) in [5, 5.41) is 0.571. The Kier molecular flexibility index (Phi) is 6.13. The molecule has 1 aromatic heterocycles. The average Bonchev–Trinajstić information content (AvgIpc) is 2.24. The van der Waals surface area contributed by atoms with Gasteiger partial charge in [0.05, 0.1) is 13.2 Å². The minimum absolute atomic E-state index is 0.129. The monoisotopic (exact) mass is 315 g/mol. The van der Waals surface area contributed by atoms with Crippen LogP contribution in [0, 0.1) is 0 Å². The van der Waals surface area contributed by atoms with Crippen LogP contribution in [0.25, 0.3) is 0 Å². The number of halogens is 2. The second-order valence-corrected chi connectivity index (χ2v) is 6.52. The van der Waals surface area contributed by atoms with E-state index in [0.29, 0.717) is 18.2 Å². The fourth-order valence-electron chi connectivity index (χ4n) is 0.977. The second-order valence-electron chi connectivity index (χ2n) is 2.80. The number of nitrogens with zero attached hydrogens (tertiary/aromatic N) is 1. The first-order valence-corrected chi connectivity index (χ1v) is 8.22. The smallest absolute Gasteiger partial charge is 0.381 e. The number of hydrogen-bond acceptors (Lipinski definition) is 5. The van der Waals surface area contributed by atoms with E-state index in [1.54, 1.807) is 26.0 Å². The molecule has 1 heterocycles. The predicted octanol–water partition coefficient (Wildman–Crippen LogP) is 4.06. The van der Waals surface area contributed by atoms with Crippen molar-refractivity contribution in [3.63, 3.8) is 0 Å². The zero-order valence-electron chi connectivity index (χ0n) is 9.35. The maximum Gasteiger partial charge on any atom is 0.381 e. The molecule has 1 aromatic rings. The van der Waals surface area contributed by atoms with Gasteiger partial charge in [-0.3, -0.25) is 9.05 Å². The minimum atomic E-state index is -2.86. The molecule has 0 amide bonds. The van der Waals surface area contributed by atoms with E-state index >= 15 is 0 Å². The Morgan fingerprint density at radius 1 is 1.24 bits per heavy atom. The first-order valence-electron chi connectivity index (χ1n) is 4.91. The van der Waals surface area contributed by atoms with Crippen molar-refractivity contribution in [3.05, 3.63) is 22.3 Å². The third-order valence-corrected chi connectivity index (χ3v) is 4.45. The molecule has 0 aromatic carbocycles. The lowest BCUT2D eigenvalue weighted by Crippen LogP contribution is -2.03. The lowest BCUT2D eigenvalue weighted by atomic mass is 10.5. The standard InChI is InChI=1S/C9H12Cl2NO3PS/c1-3-13-16(17,14-4-2)15-9-7(10)5-6-8(11)12-9/h5-6H,3-4H2,1-2H3. The highest BCUT2D eigenvalue weighted by Gasteiger charge is 2.23. The van der Waals surface area contributed by atoms with Crippen molar-refractivity contribution in [3.8, 4) is 5.88 Å². The summed E-state index contributed by atoms with van der Waals surface area (Å²) in [6, 6.07) is 3.13. The van der Waals surface area contributed by atoms with Crippen LogP contribution in [0.5, 0.6) is 5.88 Å². The molecule has 0 spiro atoms. The van der Waals surface area contributed by atoms with Crippen molar-refractivity contribution in [2.45, 2.75) is 13.8 Å². The topological polar surface area (TPSA) is 40.6 Å². The van der Waals surface area contributed by atoms with Crippen molar-refractivity contribution in [2.24, 2.45) is 0 Å². The Labute approximate surface area is 115 Å². The molecule has 0 saturated carbocycles. The van der Waals surface area contributed by atoms with E-state index in [1.165, 1.54) is 0 Å². The molecule has 0 N–H and O–H groups in total. The van der Waals surface area contributed by atoms with E-state index in [2.05, 4.69) is 4.98 Å². The fraction of sp³-hybridized carbons (Fsp3) is 0.444. The number of pyridine rings is 1. The Morgan fingerprint density at radius 3 is 2.35 bits per heavy atom. The zero-order valence-corrected chi connectivity index (χ0v) is 12.6. The molecular weight excluding hydrogens is 304 g/mol. The van der Waals surface area contributed by atoms with Gasteiger partial charge in [-0.25, -0.2) is 0 Å². The third kappa shape index (κ3) is 4.70. The van der Waals surface area contributed by atoms with Gasteiger partial charge in [0.25, 0.3) is 0 Å². The molecule has 0 aliphatic carbocycles. The first kappa shape index (κ1) is 15.2. The summed E-state index contributed by atoms with van der Waals surface area (Å²) >= 11 is 16.9. The zero-order chi connectivity index (χ0) is 12.9. The van der Waals surface area contributed by atoms with Crippen LogP contribution >= 0.6 is 29.9 Å². The molecule has 0 bridgehead atoms. The van der Waals surface area contributed by atoms with Gasteiger partial charge in [0, 0.05) is 11.8 Å². The summed E-state index contributed by atoms with van der Waals surface area (Å²) in [4.78, 5) is 3.93. The van der Waals surface area contributed by atoms with Crippen molar-refractivity contribution in [1.29, 1.82) is 0 Å². The molecule has 0 saturated heterocycles. The molecule has 0 radical (unpaired) electrons. The lowest BCUT2D eigenvalue weighted by molar-refractivity contribution is 0.216. The van der Waals surface area contributed by atoms with Crippen molar-refractivity contribution < 1.29 is 13.6 Å². The summed E-state index contributed by atoms with van der Waals surface area (Å²) in [5.74, 6) is 0.129. The Bertz CT molecular complexity index is 423. The largest absolute Gasteiger partial charge is 0.404 e. The van der Waals surface area contributed by atoms with E-state index in [1.807, 2.05) is 0 Å². The highest BCUT2D eigenvalue weighted by atomic mass is 35.5. The maximum atomic E-state index is 5.92. The quantitative estimate of drug-likeness (QED) is 0.584. The molecule has 0 fully saturated rings. The van der Waals surface area contributed by atoms with Crippen molar-refractivity contribution >= 4 is 41.7 Å². The van der Waals surface area contributed by atoms with Gasteiger partial charge in [0.2, 0.25) is 5.88 Å². The summed E-state index contributed by atoms with van der Waals surface area (Å²) in [7, 11) is 0. The van der Waals surface area contributed by atoms with Gasteiger partial charge >= 0.3 is 6.72 Å². The van der Waals surface area contributed by atoms with E-state index < -0.39 is 6.72 Å². The molecule has 0 atom stereocenters. The summed E-state index contributed by atoms with van der Waals surface area (Å²) in [5.41, 5.74) is 0. The molecule has 0 unspecified atom stereocenters. The second kappa shape index (κ2) is 6.88. The summed E-state index contributed by atoms with van der Waals surface area (Å²) in [6.07, 6.45) is 0. The maximum absolute atomic E-state index is 5.92. The Morgan fingerprint density at radius 2 is 1.82 bits per heavy atom. The lowest BCUT2D eigenvalue weighted by Gasteiger charge is -2.20. The van der Waals surface area contributed by atoms with Gasteiger partial charge in [-0.2, -0.15) is 4.98 Å². The molecule has 0 aliphatic heterocycles. The normalized spacial score (nSPS) is 11.5. The van der Waals surface area contributed by atoms with Crippen LogP contribution in [0.4, 0.5) is 0 Å². The van der Waals surface area contributed by atoms with Gasteiger partial charge in [0.1, 0.15) is 10.2 Å². The van der Waals surface area contributed by atoms with Gasteiger partial charge in [-0.05, 0) is 26.0 Å². The molecule has 4 nitrogen and oxygen atoms in total. The van der Waals surface area contributed by atoms with Crippen molar-refractivity contribution in [1.82, 2.24) is 4.98 Å². The molecule has 8 heteroatoms.